The van der Waals surface area contributed by atoms with Gasteiger partial charge in [0.05, 0.1) is 25.0 Å². The number of thioether (sulfide) groups is 1. The Bertz CT molecular complexity index is 1270. The summed E-state index contributed by atoms with van der Waals surface area (Å²) in [6, 6.07) is 13.0. The van der Waals surface area contributed by atoms with Crippen LogP contribution in [0.25, 0.3) is 10.8 Å². The molecule has 3 N–H and O–H groups in total. The van der Waals surface area contributed by atoms with Gasteiger partial charge in [0.25, 0.3) is 0 Å². The molecule has 3 atom stereocenters. The molecule has 9 nitrogen and oxygen atoms in total. The highest BCUT2D eigenvalue weighted by Gasteiger charge is 2.26. The number of benzene rings is 2. The largest absolute Gasteiger partial charge is 0.480 e. The monoisotopic (exact) mass is 567 g/mol. The fraction of sp³-hybridized carbons (Fsp3) is 0.467. The van der Waals surface area contributed by atoms with Gasteiger partial charge in [0.2, 0.25) is 11.8 Å². The number of nitrogens with zero attached hydrogens (tertiary/aromatic N) is 3. The third-order valence-corrected chi connectivity index (χ3v) is 7.76. The number of hydrogen-bond acceptors (Lipinski definition) is 6. The summed E-state index contributed by atoms with van der Waals surface area (Å²) in [5.74, 6) is -0.727. The van der Waals surface area contributed by atoms with Crippen molar-refractivity contribution in [3.05, 3.63) is 66.2 Å². The molecular formula is C30H41N5O4S. The number of imidazole rings is 1. The lowest BCUT2D eigenvalue weighted by molar-refractivity contribution is -0.142. The number of fused-ring (bicyclic) bond motifs is 1. The number of carboxylic acid groups (broad SMARTS) is 1. The fourth-order valence-electron chi connectivity index (χ4n) is 4.70. The van der Waals surface area contributed by atoms with Gasteiger partial charge in [0.1, 0.15) is 6.04 Å². The summed E-state index contributed by atoms with van der Waals surface area (Å²) in [5.41, 5.74) is 1.76. The number of nitrogens with one attached hydrogen (secondary N) is 2. The van der Waals surface area contributed by atoms with Crippen molar-refractivity contribution in [2.24, 2.45) is 13.0 Å². The van der Waals surface area contributed by atoms with Crippen LogP contribution in [-0.4, -0.2) is 74.5 Å². The lowest BCUT2D eigenvalue weighted by Crippen LogP contribution is -2.51. The molecule has 0 bridgehead atoms. The first-order valence-corrected chi connectivity index (χ1v) is 15.1. The summed E-state index contributed by atoms with van der Waals surface area (Å²) in [4.78, 5) is 44.2. The van der Waals surface area contributed by atoms with Gasteiger partial charge in [-0.3, -0.25) is 14.5 Å². The Hall–Kier alpha value is -3.37. The quantitative estimate of drug-likeness (QED) is 0.243. The molecule has 0 saturated carbocycles. The van der Waals surface area contributed by atoms with E-state index in [1.54, 1.807) is 18.1 Å². The van der Waals surface area contributed by atoms with Gasteiger partial charge in [-0.15, -0.1) is 0 Å². The molecule has 216 valence electrons. The standard InChI is InChI=1S/C30H41N5O4S/c1-5-21(2)27(33-28(36)15-24-17-34(3)20-31-24)18-35(19-29(37)32-26(30(38)39)13-14-40-4)16-23-11-8-10-22-9-6-7-12-25(22)23/h6-12,17,20-21,26-27H,5,13-16,18-19H2,1-4H3,(H,32,37)(H,33,36)(H,38,39)/t21-,26-,27+/m0/s1. The maximum Gasteiger partial charge on any atom is 0.326 e. The molecule has 0 aliphatic carbocycles. The number of aliphatic carboxylic acids is 1. The van der Waals surface area contributed by atoms with Crippen LogP contribution in [0, 0.1) is 5.92 Å². The predicted molar refractivity (Wildman–Crippen MR) is 160 cm³/mol. The lowest BCUT2D eigenvalue weighted by atomic mass is 9.97. The highest BCUT2D eigenvalue weighted by atomic mass is 32.2. The van der Waals surface area contributed by atoms with E-state index in [4.69, 9.17) is 0 Å². The van der Waals surface area contributed by atoms with Crippen LogP contribution in [0.4, 0.5) is 0 Å². The van der Waals surface area contributed by atoms with Crippen LogP contribution in [0.2, 0.25) is 0 Å². The molecule has 2 amide bonds. The van der Waals surface area contributed by atoms with E-state index < -0.39 is 12.0 Å². The van der Waals surface area contributed by atoms with Gasteiger partial charge in [0, 0.05) is 32.4 Å². The SMILES string of the molecule is CC[C@H](C)[C@@H](CN(CC(=O)N[C@@H](CCSC)C(=O)O)Cc1cccc2ccccc12)NC(=O)Cc1cn(C)cn1. The van der Waals surface area contributed by atoms with Crippen molar-refractivity contribution in [3.63, 3.8) is 0 Å². The Morgan fingerprint density at radius 2 is 1.85 bits per heavy atom. The number of hydrogen-bond donors (Lipinski definition) is 3. The molecule has 1 aromatic heterocycles. The number of rotatable bonds is 16. The van der Waals surface area contributed by atoms with Crippen molar-refractivity contribution in [2.75, 3.05) is 25.1 Å². The zero-order chi connectivity index (χ0) is 29.1. The van der Waals surface area contributed by atoms with Gasteiger partial charge < -0.3 is 20.3 Å². The average Bonchev–Trinajstić information content (AvgIpc) is 3.34. The van der Waals surface area contributed by atoms with Gasteiger partial charge in [-0.1, -0.05) is 62.7 Å². The van der Waals surface area contributed by atoms with Crippen LogP contribution < -0.4 is 10.6 Å². The predicted octanol–water partition coefficient (Wildman–Crippen LogP) is 3.47. The van der Waals surface area contributed by atoms with Crippen LogP contribution in [0.1, 0.15) is 37.9 Å². The summed E-state index contributed by atoms with van der Waals surface area (Å²) in [5, 5.41) is 17.7. The summed E-state index contributed by atoms with van der Waals surface area (Å²) in [7, 11) is 1.86. The molecule has 0 spiro atoms. The highest BCUT2D eigenvalue weighted by Crippen LogP contribution is 2.21. The number of carbonyl (C=O) groups excluding carboxylic acids is 2. The fourth-order valence-corrected chi connectivity index (χ4v) is 5.17. The van der Waals surface area contributed by atoms with E-state index in [9.17, 15) is 19.5 Å². The Kier molecular flexibility index (Phi) is 12.0. The van der Waals surface area contributed by atoms with Gasteiger partial charge in [-0.05, 0) is 40.7 Å². The van der Waals surface area contributed by atoms with Crippen molar-refractivity contribution in [2.45, 2.75) is 51.7 Å². The minimum Gasteiger partial charge on any atom is -0.480 e. The molecule has 0 aliphatic rings. The van der Waals surface area contributed by atoms with Crippen LogP contribution in [-0.2, 0) is 34.4 Å². The maximum atomic E-state index is 13.2. The molecule has 3 aromatic rings. The van der Waals surface area contributed by atoms with Gasteiger partial charge in [0.15, 0.2) is 0 Å². The molecular weight excluding hydrogens is 526 g/mol. The minimum absolute atomic E-state index is 0.00924. The molecule has 0 fully saturated rings. The first kappa shape index (κ1) is 31.2. The summed E-state index contributed by atoms with van der Waals surface area (Å²) < 4.78 is 1.81. The molecule has 2 aromatic carbocycles. The van der Waals surface area contributed by atoms with E-state index in [1.807, 2.05) is 53.2 Å². The molecule has 0 aliphatic heterocycles. The molecule has 10 heteroatoms. The van der Waals surface area contributed by atoms with Crippen molar-refractivity contribution in [1.29, 1.82) is 0 Å². The molecule has 3 rings (SSSR count). The van der Waals surface area contributed by atoms with E-state index in [0.717, 1.165) is 22.8 Å². The normalized spacial score (nSPS) is 13.6. The second kappa shape index (κ2) is 15.4. The second-order valence-electron chi connectivity index (χ2n) is 10.3. The molecule has 0 saturated heterocycles. The Morgan fingerprint density at radius 3 is 2.52 bits per heavy atom. The smallest absolute Gasteiger partial charge is 0.326 e. The number of aryl methyl sites for hydroxylation is 1. The van der Waals surface area contributed by atoms with E-state index in [1.165, 1.54) is 0 Å². The van der Waals surface area contributed by atoms with E-state index in [0.29, 0.717) is 31.0 Å². The molecule has 0 radical (unpaired) electrons. The minimum atomic E-state index is -1.04. The number of carbonyl (C=O) groups is 3. The Labute approximate surface area is 240 Å². The summed E-state index contributed by atoms with van der Waals surface area (Å²) >= 11 is 1.54. The van der Waals surface area contributed by atoms with Crippen LogP contribution in [0.15, 0.2) is 55.0 Å². The summed E-state index contributed by atoms with van der Waals surface area (Å²) in [6.45, 7) is 5.08. The Balaban J connectivity index is 1.82. The van der Waals surface area contributed by atoms with E-state index >= 15 is 0 Å². The van der Waals surface area contributed by atoms with Crippen molar-refractivity contribution in [1.82, 2.24) is 25.1 Å². The average molecular weight is 568 g/mol. The number of aromatic nitrogens is 2. The first-order chi connectivity index (χ1) is 19.2. The third-order valence-electron chi connectivity index (χ3n) is 7.12. The molecule has 0 unspecified atom stereocenters. The number of amides is 2. The van der Waals surface area contributed by atoms with Crippen LogP contribution in [0.3, 0.4) is 0 Å². The van der Waals surface area contributed by atoms with Crippen molar-refractivity contribution < 1.29 is 19.5 Å². The van der Waals surface area contributed by atoms with Gasteiger partial charge in [-0.2, -0.15) is 11.8 Å². The highest BCUT2D eigenvalue weighted by molar-refractivity contribution is 7.98. The van der Waals surface area contributed by atoms with Gasteiger partial charge >= 0.3 is 5.97 Å². The summed E-state index contributed by atoms with van der Waals surface area (Å²) in [6.07, 6.45) is 6.77. The second-order valence-corrected chi connectivity index (χ2v) is 11.3. The molecule has 40 heavy (non-hydrogen) atoms. The third kappa shape index (κ3) is 9.38. The van der Waals surface area contributed by atoms with E-state index in [2.05, 4.69) is 47.7 Å². The van der Waals surface area contributed by atoms with Crippen LogP contribution in [0.5, 0.6) is 0 Å². The van der Waals surface area contributed by atoms with E-state index in [-0.39, 0.29) is 36.7 Å². The Morgan fingerprint density at radius 1 is 1.10 bits per heavy atom. The zero-order valence-corrected chi connectivity index (χ0v) is 24.6. The topological polar surface area (TPSA) is 117 Å². The first-order valence-electron chi connectivity index (χ1n) is 13.7. The van der Waals surface area contributed by atoms with Crippen molar-refractivity contribution >= 4 is 40.3 Å². The zero-order valence-electron chi connectivity index (χ0n) is 23.8. The van der Waals surface area contributed by atoms with Crippen molar-refractivity contribution in [3.8, 4) is 0 Å². The molecule has 1 heterocycles. The lowest BCUT2D eigenvalue weighted by Gasteiger charge is -2.31. The number of carboxylic acids is 1. The van der Waals surface area contributed by atoms with Gasteiger partial charge in [-0.25, -0.2) is 9.78 Å². The maximum absolute atomic E-state index is 13.2. The van der Waals surface area contributed by atoms with Crippen LogP contribution >= 0.6 is 11.8 Å².